The molecule has 2 unspecified atom stereocenters. The van der Waals surface area contributed by atoms with Crippen molar-refractivity contribution in [1.29, 1.82) is 0 Å². The Labute approximate surface area is 320 Å². The first-order chi connectivity index (χ1) is 25.1. The van der Waals surface area contributed by atoms with Crippen LogP contribution in [-0.4, -0.2) is 75.6 Å². The number of unbranched alkanes of at least 4 members (excludes halogenated alkanes) is 13. The van der Waals surface area contributed by atoms with Crippen molar-refractivity contribution < 1.29 is 37.3 Å². The molecule has 0 rings (SSSR count). The van der Waals surface area contributed by atoms with E-state index in [1.807, 2.05) is 21.1 Å². The van der Waals surface area contributed by atoms with Crippen molar-refractivity contribution in [1.82, 2.24) is 0 Å². The summed E-state index contributed by atoms with van der Waals surface area (Å²) in [5.74, 6) is -0.336. The molecule has 0 saturated carbocycles. The lowest BCUT2D eigenvalue weighted by Crippen LogP contribution is -2.37. The van der Waals surface area contributed by atoms with Crippen molar-refractivity contribution in [3.8, 4) is 0 Å². The van der Waals surface area contributed by atoms with Gasteiger partial charge in [0.2, 0.25) is 0 Å². The third kappa shape index (κ3) is 39.4. The van der Waals surface area contributed by atoms with Crippen molar-refractivity contribution in [3.05, 3.63) is 60.8 Å². The number of phosphoric ester groups is 1. The van der Waals surface area contributed by atoms with Gasteiger partial charge in [0.15, 0.2) is 0 Å². The van der Waals surface area contributed by atoms with Gasteiger partial charge in [0.25, 0.3) is 0 Å². The molecule has 2 atom stereocenters. The number of hydrogen-bond donors (Lipinski definition) is 1. The number of nitrogens with zero attached hydrogens (tertiary/aromatic N) is 1. The van der Waals surface area contributed by atoms with Crippen molar-refractivity contribution in [2.24, 2.45) is 0 Å². The highest BCUT2D eigenvalue weighted by Crippen LogP contribution is 2.43. The number of carbonyl (C=O) groups excluding carboxylic acids is 1. The predicted molar refractivity (Wildman–Crippen MR) is 219 cm³/mol. The average Bonchev–Trinajstić information content (AvgIpc) is 3.09. The van der Waals surface area contributed by atoms with Crippen LogP contribution in [0.25, 0.3) is 0 Å². The maximum atomic E-state index is 12.6. The highest BCUT2D eigenvalue weighted by Gasteiger charge is 2.26. The van der Waals surface area contributed by atoms with Crippen LogP contribution < -0.4 is 0 Å². The predicted octanol–water partition coefficient (Wildman–Crippen LogP) is 11.8. The van der Waals surface area contributed by atoms with Gasteiger partial charge in [0, 0.05) is 13.0 Å². The van der Waals surface area contributed by atoms with Gasteiger partial charge in [-0.3, -0.25) is 13.8 Å². The summed E-state index contributed by atoms with van der Waals surface area (Å²) < 4.78 is 34.9. The fraction of sp³-hybridized carbons (Fsp3) is 0.744. The maximum absolute atomic E-state index is 12.6. The molecule has 9 heteroatoms. The number of carbonyl (C=O) groups is 1. The Kier molecular flexibility index (Phi) is 34.9. The Hall–Kier alpha value is -1.80. The van der Waals surface area contributed by atoms with Crippen molar-refractivity contribution in [2.45, 2.75) is 155 Å². The zero-order valence-electron chi connectivity index (χ0n) is 34.0. The van der Waals surface area contributed by atoms with Gasteiger partial charge in [-0.1, -0.05) is 132 Å². The molecule has 0 radical (unpaired) electrons. The number of esters is 1. The molecule has 302 valence electrons. The summed E-state index contributed by atoms with van der Waals surface area (Å²) in [6, 6.07) is 0. The van der Waals surface area contributed by atoms with Crippen LogP contribution in [0.5, 0.6) is 0 Å². The number of likely N-dealkylation sites (N-methyl/N-ethyl adjacent to an activating group) is 1. The summed E-state index contributed by atoms with van der Waals surface area (Å²) in [4.78, 5) is 22.8. The Bertz CT molecular complexity index is 1020. The largest absolute Gasteiger partial charge is 0.472 e. The van der Waals surface area contributed by atoms with Crippen LogP contribution in [0.1, 0.15) is 149 Å². The Morgan fingerprint density at radius 3 is 1.67 bits per heavy atom. The van der Waals surface area contributed by atoms with Gasteiger partial charge >= 0.3 is 13.8 Å². The van der Waals surface area contributed by atoms with Crippen LogP contribution in [0.4, 0.5) is 0 Å². The van der Waals surface area contributed by atoms with Gasteiger partial charge in [-0.15, -0.1) is 0 Å². The number of ether oxygens (including phenoxy) is 2. The SMILES string of the molecule is CC/C=C\C/C=C\C/C=C\CCCCCCCCOCC(COP(=O)(O)OCC[N+](C)(C)C)OC(=O)CCCCCCC/C=C\C/C=C\CCCC. The van der Waals surface area contributed by atoms with Gasteiger partial charge in [-0.05, 0) is 70.6 Å². The molecule has 0 aromatic carbocycles. The standard InChI is InChI=1S/C43H78NO7P/c1-6-8-10-12-14-16-18-20-22-23-25-27-29-31-33-35-38-48-40-42(41-50-52(46,47)49-39-37-44(3,4)5)51-43(45)36-34-32-30-28-26-24-21-19-17-15-13-11-9-7-2/h8,10,13-16,19-22,42H,6-7,9,11-12,17-18,23-41H2,1-5H3/p+1/b10-8-,15-13-,16-14-,21-19-,22-20-. The van der Waals surface area contributed by atoms with E-state index < -0.39 is 13.9 Å². The third-order valence-electron chi connectivity index (χ3n) is 8.31. The first kappa shape index (κ1) is 50.2. The quantitative estimate of drug-likeness (QED) is 0.0222. The van der Waals surface area contributed by atoms with Crippen LogP contribution in [0.15, 0.2) is 60.8 Å². The molecule has 0 amide bonds. The zero-order valence-corrected chi connectivity index (χ0v) is 34.9. The second-order valence-corrected chi connectivity index (χ2v) is 16.1. The van der Waals surface area contributed by atoms with Crippen LogP contribution in [0.2, 0.25) is 0 Å². The molecule has 0 aliphatic heterocycles. The molecule has 0 bridgehead atoms. The fourth-order valence-electron chi connectivity index (χ4n) is 5.11. The molecule has 8 nitrogen and oxygen atoms in total. The van der Waals surface area contributed by atoms with Crippen molar-refractivity contribution in [3.63, 3.8) is 0 Å². The topological polar surface area (TPSA) is 91.3 Å². The Morgan fingerprint density at radius 1 is 0.615 bits per heavy atom. The number of phosphoric acid groups is 1. The van der Waals surface area contributed by atoms with Crippen LogP contribution >= 0.6 is 7.82 Å². The third-order valence-corrected chi connectivity index (χ3v) is 9.30. The monoisotopic (exact) mass is 753 g/mol. The van der Waals surface area contributed by atoms with Gasteiger partial charge in [0.1, 0.15) is 19.3 Å². The molecular weight excluding hydrogens is 673 g/mol. The van der Waals surface area contributed by atoms with Crippen LogP contribution in [0.3, 0.4) is 0 Å². The molecule has 52 heavy (non-hydrogen) atoms. The smallest absolute Gasteiger partial charge is 0.457 e. The number of quaternary nitrogens is 1. The molecular formula is C43H79NO7P+. The highest BCUT2D eigenvalue weighted by atomic mass is 31.2. The summed E-state index contributed by atoms with van der Waals surface area (Å²) in [6.45, 7) is 5.40. The summed E-state index contributed by atoms with van der Waals surface area (Å²) in [5.41, 5.74) is 0. The fourth-order valence-corrected chi connectivity index (χ4v) is 5.85. The average molecular weight is 753 g/mol. The Morgan fingerprint density at radius 2 is 1.12 bits per heavy atom. The summed E-state index contributed by atoms with van der Waals surface area (Å²) in [7, 11) is 1.64. The molecule has 0 heterocycles. The van der Waals surface area contributed by atoms with Gasteiger partial charge in [-0.2, -0.15) is 0 Å². The molecule has 1 N–H and O–H groups in total. The minimum Gasteiger partial charge on any atom is -0.457 e. The van der Waals surface area contributed by atoms with E-state index in [0.717, 1.165) is 89.9 Å². The van der Waals surface area contributed by atoms with Gasteiger partial charge in [-0.25, -0.2) is 4.57 Å². The molecule has 0 spiro atoms. The van der Waals surface area contributed by atoms with Crippen molar-refractivity contribution in [2.75, 3.05) is 54.1 Å². The van der Waals surface area contributed by atoms with Gasteiger partial charge in [0.05, 0.1) is 34.4 Å². The second kappa shape index (κ2) is 36.2. The van der Waals surface area contributed by atoms with E-state index in [-0.39, 0.29) is 25.8 Å². The molecule has 0 aliphatic rings. The van der Waals surface area contributed by atoms with E-state index in [1.165, 1.54) is 38.5 Å². The first-order valence-corrected chi connectivity index (χ1v) is 22.0. The highest BCUT2D eigenvalue weighted by molar-refractivity contribution is 7.47. The minimum atomic E-state index is -4.28. The van der Waals surface area contributed by atoms with Crippen LogP contribution in [-0.2, 0) is 27.9 Å². The summed E-state index contributed by atoms with van der Waals surface area (Å²) >= 11 is 0. The number of hydrogen-bond acceptors (Lipinski definition) is 6. The molecule has 0 saturated heterocycles. The van der Waals surface area contributed by atoms with E-state index in [1.54, 1.807) is 0 Å². The summed E-state index contributed by atoms with van der Waals surface area (Å²) in [5, 5.41) is 0. The maximum Gasteiger partial charge on any atom is 0.472 e. The first-order valence-electron chi connectivity index (χ1n) is 20.5. The van der Waals surface area contributed by atoms with E-state index in [0.29, 0.717) is 24.1 Å². The second-order valence-electron chi connectivity index (χ2n) is 14.6. The van der Waals surface area contributed by atoms with Crippen LogP contribution in [0, 0.1) is 0 Å². The lowest BCUT2D eigenvalue weighted by Gasteiger charge is -2.24. The zero-order chi connectivity index (χ0) is 38.4. The van der Waals surface area contributed by atoms with E-state index in [9.17, 15) is 14.3 Å². The Balaban J connectivity index is 4.33. The lowest BCUT2D eigenvalue weighted by atomic mass is 10.1. The molecule has 0 aromatic heterocycles. The van der Waals surface area contributed by atoms with E-state index >= 15 is 0 Å². The molecule has 0 aliphatic carbocycles. The van der Waals surface area contributed by atoms with Gasteiger partial charge < -0.3 is 18.9 Å². The van der Waals surface area contributed by atoms with E-state index in [2.05, 4.69) is 74.6 Å². The molecule has 0 aromatic rings. The normalized spacial score (nSPS) is 14.5. The lowest BCUT2D eigenvalue weighted by molar-refractivity contribution is -0.870. The minimum absolute atomic E-state index is 0.0801. The van der Waals surface area contributed by atoms with E-state index in [4.69, 9.17) is 18.5 Å². The number of rotatable bonds is 37. The number of allylic oxidation sites excluding steroid dienone is 10. The molecule has 0 fully saturated rings. The summed E-state index contributed by atoms with van der Waals surface area (Å²) in [6.07, 6.45) is 43.9. The van der Waals surface area contributed by atoms with Crippen molar-refractivity contribution >= 4 is 13.8 Å².